The number of hydrogen-bond donors (Lipinski definition) is 2. The molecule has 1 aromatic heterocycles. The Bertz CT molecular complexity index is 788. The number of aromatic nitrogens is 2. The van der Waals surface area contributed by atoms with Gasteiger partial charge in [-0.25, -0.2) is 13.4 Å². The highest BCUT2D eigenvalue weighted by atomic mass is 35.5. The molecule has 1 heterocycles. The first-order chi connectivity index (χ1) is 9.90. The molecule has 2 unspecified atom stereocenters. The van der Waals surface area contributed by atoms with Crippen molar-refractivity contribution in [3.8, 4) is 0 Å². The summed E-state index contributed by atoms with van der Waals surface area (Å²) in [6.07, 6.45) is 0.939. The molecule has 2 N–H and O–H groups in total. The zero-order valence-electron chi connectivity index (χ0n) is 11.2. The first-order valence-corrected chi connectivity index (χ1v) is 8.21. The molecule has 2 atom stereocenters. The Balaban J connectivity index is 1.95. The van der Waals surface area contributed by atoms with Crippen molar-refractivity contribution < 1.29 is 13.5 Å². The smallest absolute Gasteiger partial charge is 0.261 e. The van der Waals surface area contributed by atoms with Crippen LogP contribution in [0.25, 0.3) is 0 Å². The first-order valence-electron chi connectivity index (χ1n) is 6.35. The van der Waals surface area contributed by atoms with E-state index in [4.69, 9.17) is 11.6 Å². The average molecular weight is 328 g/mol. The van der Waals surface area contributed by atoms with Crippen molar-refractivity contribution in [2.24, 2.45) is 7.05 Å². The minimum Gasteiger partial charge on any atom is -0.391 e. The van der Waals surface area contributed by atoms with E-state index in [1.807, 2.05) is 18.2 Å². The summed E-state index contributed by atoms with van der Waals surface area (Å²) in [7, 11) is -2.30. The normalized spacial score (nSPS) is 21.5. The van der Waals surface area contributed by atoms with Gasteiger partial charge in [0.15, 0.2) is 0 Å². The zero-order valence-corrected chi connectivity index (χ0v) is 12.8. The summed E-state index contributed by atoms with van der Waals surface area (Å²) in [6, 6.07) is 6.66. The van der Waals surface area contributed by atoms with Gasteiger partial charge in [-0.15, -0.1) is 0 Å². The molecule has 0 spiro atoms. The zero-order chi connectivity index (χ0) is 15.2. The maximum absolute atomic E-state index is 12.4. The molecular formula is C13H14ClN3O3S. The average Bonchev–Trinajstić information content (AvgIpc) is 2.92. The quantitative estimate of drug-likeness (QED) is 0.881. The van der Waals surface area contributed by atoms with Gasteiger partial charge in [-0.3, -0.25) is 0 Å². The van der Waals surface area contributed by atoms with Gasteiger partial charge in [0.2, 0.25) is 5.03 Å². The lowest BCUT2D eigenvalue weighted by atomic mass is 10.1. The highest BCUT2D eigenvalue weighted by Crippen LogP contribution is 2.33. The number of nitrogens with one attached hydrogen (secondary N) is 1. The molecule has 21 heavy (non-hydrogen) atoms. The fourth-order valence-electron chi connectivity index (χ4n) is 2.51. The van der Waals surface area contributed by atoms with Crippen molar-refractivity contribution in [3.05, 3.63) is 46.9 Å². The lowest BCUT2D eigenvalue weighted by Gasteiger charge is -2.17. The molecule has 1 aliphatic carbocycles. The van der Waals surface area contributed by atoms with Crippen LogP contribution in [0.15, 0.2) is 35.6 Å². The van der Waals surface area contributed by atoms with Gasteiger partial charge < -0.3 is 9.67 Å². The predicted molar refractivity (Wildman–Crippen MR) is 77.4 cm³/mol. The molecule has 1 aliphatic rings. The van der Waals surface area contributed by atoms with E-state index >= 15 is 0 Å². The van der Waals surface area contributed by atoms with Gasteiger partial charge in [-0.05, 0) is 11.1 Å². The lowest BCUT2D eigenvalue weighted by Crippen LogP contribution is -2.34. The number of sulfonamides is 1. The van der Waals surface area contributed by atoms with Crippen LogP contribution in [-0.2, 0) is 23.5 Å². The number of imidazole rings is 1. The Labute approximate surface area is 127 Å². The van der Waals surface area contributed by atoms with Crippen LogP contribution < -0.4 is 4.72 Å². The number of fused-ring (bicyclic) bond motifs is 1. The molecule has 1 aromatic carbocycles. The van der Waals surface area contributed by atoms with E-state index in [9.17, 15) is 13.5 Å². The summed E-state index contributed by atoms with van der Waals surface area (Å²) in [4.78, 5) is 3.81. The number of halogens is 1. The van der Waals surface area contributed by atoms with Crippen LogP contribution in [0.1, 0.15) is 17.2 Å². The maximum Gasteiger partial charge on any atom is 0.261 e. The summed E-state index contributed by atoms with van der Waals surface area (Å²) >= 11 is 5.93. The van der Waals surface area contributed by atoms with Gasteiger partial charge >= 0.3 is 0 Å². The van der Waals surface area contributed by atoms with E-state index in [0.29, 0.717) is 6.42 Å². The monoisotopic (exact) mass is 327 g/mol. The summed E-state index contributed by atoms with van der Waals surface area (Å²) in [5.41, 5.74) is 1.71. The SMILES string of the molecule is Cn1cnc(S(=O)(=O)NC2c3ccccc3CC2O)c1Cl. The molecule has 0 saturated carbocycles. The minimum absolute atomic E-state index is 0.0308. The van der Waals surface area contributed by atoms with E-state index in [2.05, 4.69) is 9.71 Å². The van der Waals surface area contributed by atoms with Crippen molar-refractivity contribution in [1.82, 2.24) is 14.3 Å². The Hall–Kier alpha value is -1.41. The number of aliphatic hydroxyl groups excluding tert-OH is 1. The van der Waals surface area contributed by atoms with E-state index < -0.39 is 22.2 Å². The van der Waals surface area contributed by atoms with Crippen molar-refractivity contribution in [3.63, 3.8) is 0 Å². The molecule has 0 saturated heterocycles. The van der Waals surface area contributed by atoms with Gasteiger partial charge in [-0.1, -0.05) is 35.9 Å². The minimum atomic E-state index is -3.90. The largest absolute Gasteiger partial charge is 0.391 e. The fraction of sp³-hybridized carbons (Fsp3) is 0.308. The van der Waals surface area contributed by atoms with E-state index in [1.165, 1.54) is 10.9 Å². The van der Waals surface area contributed by atoms with Gasteiger partial charge in [0.1, 0.15) is 5.15 Å². The standard InChI is InChI=1S/C13H14ClN3O3S/c1-17-7-15-13(12(17)14)21(19,20)16-11-9-5-3-2-4-8(9)6-10(11)18/h2-5,7,10-11,16,18H,6H2,1H3. The highest BCUT2D eigenvalue weighted by Gasteiger charge is 2.35. The van der Waals surface area contributed by atoms with E-state index in [-0.39, 0.29) is 10.2 Å². The number of rotatable bonds is 3. The Morgan fingerprint density at radius 3 is 2.81 bits per heavy atom. The number of benzene rings is 1. The number of aliphatic hydroxyl groups is 1. The molecule has 0 aliphatic heterocycles. The van der Waals surface area contributed by atoms with E-state index in [1.54, 1.807) is 13.1 Å². The summed E-state index contributed by atoms with van der Waals surface area (Å²) < 4.78 is 28.7. The van der Waals surface area contributed by atoms with Crippen molar-refractivity contribution in [1.29, 1.82) is 0 Å². The third kappa shape index (κ3) is 2.46. The van der Waals surface area contributed by atoms with Crippen LogP contribution in [0.5, 0.6) is 0 Å². The van der Waals surface area contributed by atoms with Crippen LogP contribution >= 0.6 is 11.6 Å². The molecule has 0 bridgehead atoms. The first kappa shape index (κ1) is 14.5. The molecule has 2 aromatic rings. The van der Waals surface area contributed by atoms with Gasteiger partial charge in [-0.2, -0.15) is 4.72 Å². The lowest BCUT2D eigenvalue weighted by molar-refractivity contribution is 0.151. The molecule has 8 heteroatoms. The topological polar surface area (TPSA) is 84.2 Å². The maximum atomic E-state index is 12.4. The van der Waals surface area contributed by atoms with Crippen molar-refractivity contribution >= 4 is 21.6 Å². The van der Waals surface area contributed by atoms with Crippen molar-refractivity contribution in [2.45, 2.75) is 23.6 Å². The predicted octanol–water partition coefficient (Wildman–Crippen LogP) is 1.01. The number of hydrogen-bond acceptors (Lipinski definition) is 4. The summed E-state index contributed by atoms with van der Waals surface area (Å²) in [6.45, 7) is 0. The van der Waals surface area contributed by atoms with Crippen LogP contribution in [0.2, 0.25) is 5.15 Å². The van der Waals surface area contributed by atoms with Crippen LogP contribution in [-0.4, -0.2) is 29.2 Å². The van der Waals surface area contributed by atoms with Crippen LogP contribution in [0.3, 0.4) is 0 Å². The molecular weight excluding hydrogens is 314 g/mol. The second kappa shape index (κ2) is 5.10. The third-order valence-electron chi connectivity index (χ3n) is 3.57. The molecule has 0 fully saturated rings. The summed E-state index contributed by atoms with van der Waals surface area (Å²) in [5, 5.41) is 9.91. The van der Waals surface area contributed by atoms with Gasteiger partial charge in [0, 0.05) is 13.5 Å². The number of aryl methyl sites for hydroxylation is 1. The molecule has 0 amide bonds. The Morgan fingerprint density at radius 1 is 1.43 bits per heavy atom. The Kier molecular flexibility index (Phi) is 3.53. The van der Waals surface area contributed by atoms with Crippen LogP contribution in [0.4, 0.5) is 0 Å². The molecule has 3 rings (SSSR count). The van der Waals surface area contributed by atoms with Gasteiger partial charge in [0.25, 0.3) is 10.0 Å². The highest BCUT2D eigenvalue weighted by molar-refractivity contribution is 7.89. The van der Waals surface area contributed by atoms with Crippen molar-refractivity contribution in [2.75, 3.05) is 0 Å². The van der Waals surface area contributed by atoms with Gasteiger partial charge in [0.05, 0.1) is 18.5 Å². The molecule has 112 valence electrons. The fourth-order valence-corrected chi connectivity index (χ4v) is 4.19. The summed E-state index contributed by atoms with van der Waals surface area (Å²) in [5.74, 6) is 0. The molecule has 6 nitrogen and oxygen atoms in total. The van der Waals surface area contributed by atoms with Crippen LogP contribution in [0, 0.1) is 0 Å². The second-order valence-electron chi connectivity index (χ2n) is 5.02. The third-order valence-corrected chi connectivity index (χ3v) is 5.50. The molecule has 0 radical (unpaired) electrons. The second-order valence-corrected chi connectivity index (χ2v) is 7.01. The number of nitrogens with zero attached hydrogens (tertiary/aromatic N) is 2. The van der Waals surface area contributed by atoms with E-state index in [0.717, 1.165) is 11.1 Å². The Morgan fingerprint density at radius 2 is 2.14 bits per heavy atom.